The van der Waals surface area contributed by atoms with Crippen molar-refractivity contribution >= 4 is 21.6 Å². The lowest BCUT2D eigenvalue weighted by molar-refractivity contribution is 0.281. The van der Waals surface area contributed by atoms with E-state index in [1.165, 1.54) is 22.5 Å². The van der Waals surface area contributed by atoms with Gasteiger partial charge in [0, 0.05) is 18.6 Å². The number of nitrogens with zero attached hydrogens (tertiary/aromatic N) is 1. The lowest BCUT2D eigenvalue weighted by Crippen LogP contribution is -2.28. The first-order valence-corrected chi connectivity index (χ1v) is 7.61. The molecule has 0 aliphatic heterocycles. The molecular formula is C12H18ClNO3S. The molecule has 0 radical (unpaired) electrons. The minimum Gasteiger partial charge on any atom is -0.392 e. The fourth-order valence-electron chi connectivity index (χ4n) is 1.51. The summed E-state index contributed by atoms with van der Waals surface area (Å²) in [5.41, 5.74) is 0.418. The summed E-state index contributed by atoms with van der Waals surface area (Å²) in [7, 11) is -1.94. The van der Waals surface area contributed by atoms with E-state index in [-0.39, 0.29) is 11.5 Å². The van der Waals surface area contributed by atoms with E-state index in [1.807, 2.05) is 6.92 Å². The van der Waals surface area contributed by atoms with E-state index in [0.29, 0.717) is 17.1 Å². The molecule has 0 spiro atoms. The van der Waals surface area contributed by atoms with Gasteiger partial charge in [-0.15, -0.1) is 0 Å². The predicted octanol–water partition coefficient (Wildman–Crippen LogP) is 2.25. The Labute approximate surface area is 113 Å². The molecule has 1 aromatic rings. The molecule has 6 heteroatoms. The van der Waals surface area contributed by atoms with Crippen molar-refractivity contribution in [3.05, 3.63) is 28.8 Å². The number of halogens is 1. The van der Waals surface area contributed by atoms with E-state index in [9.17, 15) is 8.42 Å². The molecule has 102 valence electrons. The molecule has 0 amide bonds. The molecule has 18 heavy (non-hydrogen) atoms. The molecule has 4 nitrogen and oxygen atoms in total. The topological polar surface area (TPSA) is 57.6 Å². The third-order valence-corrected chi connectivity index (χ3v) is 4.94. The molecular weight excluding hydrogens is 274 g/mol. The van der Waals surface area contributed by atoms with E-state index < -0.39 is 10.0 Å². The number of hydrogen-bond donors (Lipinski definition) is 1. The van der Waals surface area contributed by atoms with Gasteiger partial charge >= 0.3 is 0 Å². The highest BCUT2D eigenvalue weighted by Gasteiger charge is 2.20. The van der Waals surface area contributed by atoms with Crippen LogP contribution < -0.4 is 0 Å². The number of unbranched alkanes of at least 4 members (excludes halogenated alkanes) is 1. The molecule has 0 fully saturated rings. The van der Waals surface area contributed by atoms with Gasteiger partial charge in [0.15, 0.2) is 0 Å². The second-order valence-electron chi connectivity index (χ2n) is 4.09. The minimum absolute atomic E-state index is 0.162. The average molecular weight is 292 g/mol. The molecule has 0 unspecified atom stereocenters. The van der Waals surface area contributed by atoms with Gasteiger partial charge in [-0.2, -0.15) is 0 Å². The van der Waals surface area contributed by atoms with Crippen molar-refractivity contribution in [3.8, 4) is 0 Å². The maximum Gasteiger partial charge on any atom is 0.242 e. The number of aliphatic hydroxyl groups is 1. The lowest BCUT2D eigenvalue weighted by atomic mass is 10.2. The van der Waals surface area contributed by atoms with Gasteiger partial charge in [-0.3, -0.25) is 0 Å². The van der Waals surface area contributed by atoms with Gasteiger partial charge < -0.3 is 5.11 Å². The molecule has 0 aliphatic rings. The fraction of sp³-hybridized carbons (Fsp3) is 0.500. The molecule has 1 N–H and O–H groups in total. The monoisotopic (exact) mass is 291 g/mol. The third kappa shape index (κ3) is 3.45. The standard InChI is InChI=1S/C12H18ClNO3S/c1-3-4-7-14(2)18(16,17)11-5-6-12(13)10(8-11)9-15/h5-6,8,15H,3-4,7,9H2,1-2H3. The van der Waals surface area contributed by atoms with Gasteiger partial charge in [-0.1, -0.05) is 24.9 Å². The number of aliphatic hydroxyl groups excluding tert-OH is 1. The maximum atomic E-state index is 12.2. The Morgan fingerprint density at radius 2 is 2.06 bits per heavy atom. The normalized spacial score (nSPS) is 12.1. The quantitative estimate of drug-likeness (QED) is 0.874. The van der Waals surface area contributed by atoms with Crippen molar-refractivity contribution in [1.29, 1.82) is 0 Å². The van der Waals surface area contributed by atoms with Crippen molar-refractivity contribution in [2.45, 2.75) is 31.3 Å². The van der Waals surface area contributed by atoms with Gasteiger partial charge in [-0.05, 0) is 30.2 Å². The van der Waals surface area contributed by atoms with Gasteiger partial charge in [0.05, 0.1) is 11.5 Å². The Kier molecular flexibility index (Phi) is 5.59. The van der Waals surface area contributed by atoms with Crippen molar-refractivity contribution < 1.29 is 13.5 Å². The first kappa shape index (κ1) is 15.4. The summed E-state index contributed by atoms with van der Waals surface area (Å²) < 4.78 is 25.8. The first-order valence-electron chi connectivity index (χ1n) is 5.79. The van der Waals surface area contributed by atoms with Gasteiger partial charge in [0.1, 0.15) is 0 Å². The predicted molar refractivity (Wildman–Crippen MR) is 72.1 cm³/mol. The summed E-state index contributed by atoms with van der Waals surface area (Å²) in [6.45, 7) is 2.21. The van der Waals surface area contributed by atoms with Crippen LogP contribution in [0.4, 0.5) is 0 Å². The van der Waals surface area contributed by atoms with Crippen LogP contribution in [0, 0.1) is 0 Å². The lowest BCUT2D eigenvalue weighted by Gasteiger charge is -2.17. The van der Waals surface area contributed by atoms with Crippen molar-refractivity contribution in [3.63, 3.8) is 0 Å². The zero-order valence-electron chi connectivity index (χ0n) is 10.6. The third-order valence-electron chi connectivity index (χ3n) is 2.72. The zero-order valence-corrected chi connectivity index (χ0v) is 12.1. The van der Waals surface area contributed by atoms with Crippen LogP contribution in [0.1, 0.15) is 25.3 Å². The molecule has 0 bridgehead atoms. The summed E-state index contributed by atoms with van der Waals surface area (Å²) in [6, 6.07) is 4.37. The summed E-state index contributed by atoms with van der Waals surface area (Å²) in [4.78, 5) is 0.162. The van der Waals surface area contributed by atoms with Crippen LogP contribution in [0.2, 0.25) is 5.02 Å². The van der Waals surface area contributed by atoms with E-state index in [1.54, 1.807) is 7.05 Å². The van der Waals surface area contributed by atoms with Crippen LogP contribution in [0.25, 0.3) is 0 Å². The van der Waals surface area contributed by atoms with E-state index in [2.05, 4.69) is 0 Å². The molecule has 1 aromatic carbocycles. The highest BCUT2D eigenvalue weighted by molar-refractivity contribution is 7.89. The Balaban J connectivity index is 3.05. The molecule has 0 saturated carbocycles. The molecule has 0 heterocycles. The second-order valence-corrected chi connectivity index (χ2v) is 6.54. The number of benzene rings is 1. The van der Waals surface area contributed by atoms with Crippen LogP contribution in [0.5, 0.6) is 0 Å². The van der Waals surface area contributed by atoms with Crippen LogP contribution in [0.15, 0.2) is 23.1 Å². The average Bonchev–Trinajstić information content (AvgIpc) is 2.36. The largest absolute Gasteiger partial charge is 0.392 e. The number of sulfonamides is 1. The highest BCUT2D eigenvalue weighted by Crippen LogP contribution is 2.22. The highest BCUT2D eigenvalue weighted by atomic mass is 35.5. The summed E-state index contributed by atoms with van der Waals surface area (Å²) in [5.74, 6) is 0. The minimum atomic E-state index is -3.50. The molecule has 1 rings (SSSR count). The van der Waals surface area contributed by atoms with Crippen molar-refractivity contribution in [2.75, 3.05) is 13.6 Å². The van der Waals surface area contributed by atoms with Crippen LogP contribution in [-0.2, 0) is 16.6 Å². The van der Waals surface area contributed by atoms with Crippen LogP contribution >= 0.6 is 11.6 Å². The number of rotatable bonds is 6. The smallest absolute Gasteiger partial charge is 0.242 e. The Morgan fingerprint density at radius 3 is 2.61 bits per heavy atom. The Bertz CT molecular complexity index is 502. The molecule has 0 aliphatic carbocycles. The fourth-order valence-corrected chi connectivity index (χ4v) is 2.95. The molecule has 0 aromatic heterocycles. The van der Waals surface area contributed by atoms with Crippen molar-refractivity contribution in [2.24, 2.45) is 0 Å². The molecule has 0 saturated heterocycles. The van der Waals surface area contributed by atoms with Crippen LogP contribution in [0.3, 0.4) is 0 Å². The Morgan fingerprint density at radius 1 is 1.39 bits per heavy atom. The first-order chi connectivity index (χ1) is 8.43. The van der Waals surface area contributed by atoms with E-state index >= 15 is 0 Å². The zero-order chi connectivity index (χ0) is 13.8. The van der Waals surface area contributed by atoms with Gasteiger partial charge in [0.2, 0.25) is 10.0 Å². The van der Waals surface area contributed by atoms with Crippen LogP contribution in [-0.4, -0.2) is 31.4 Å². The van der Waals surface area contributed by atoms with E-state index in [0.717, 1.165) is 12.8 Å². The van der Waals surface area contributed by atoms with Gasteiger partial charge in [-0.25, -0.2) is 12.7 Å². The number of hydrogen-bond acceptors (Lipinski definition) is 3. The Hall–Kier alpha value is -0.620. The van der Waals surface area contributed by atoms with Crippen molar-refractivity contribution in [1.82, 2.24) is 4.31 Å². The maximum absolute atomic E-state index is 12.2. The summed E-state index contributed by atoms with van der Waals surface area (Å²) >= 11 is 5.84. The summed E-state index contributed by atoms with van der Waals surface area (Å²) in [5, 5.41) is 9.46. The molecule has 0 atom stereocenters. The second kappa shape index (κ2) is 6.52. The summed E-state index contributed by atoms with van der Waals surface area (Å²) in [6.07, 6.45) is 1.75. The van der Waals surface area contributed by atoms with Gasteiger partial charge in [0.25, 0.3) is 0 Å². The van der Waals surface area contributed by atoms with E-state index in [4.69, 9.17) is 16.7 Å². The SMILES string of the molecule is CCCCN(C)S(=O)(=O)c1ccc(Cl)c(CO)c1.